The molecule has 1 aliphatic heterocycles. The fraction of sp³-hybridized carbons (Fsp3) is 0.611. The number of H-pyrrole nitrogens is 1. The van der Waals surface area contributed by atoms with Gasteiger partial charge in [-0.2, -0.15) is 0 Å². The van der Waals surface area contributed by atoms with Crippen molar-refractivity contribution in [3.8, 4) is 0 Å². The van der Waals surface area contributed by atoms with E-state index in [0.29, 0.717) is 0 Å². The van der Waals surface area contributed by atoms with E-state index in [-0.39, 0.29) is 27.3 Å². The van der Waals surface area contributed by atoms with Crippen molar-refractivity contribution in [3.05, 3.63) is 60.7 Å². The molecule has 0 aliphatic carbocycles. The van der Waals surface area contributed by atoms with Crippen molar-refractivity contribution in [2.75, 3.05) is 52.4 Å². The number of hydrogen-bond donors (Lipinski definition) is 4. The molecule has 1 saturated heterocycles. The molecule has 33 heavy (non-hydrogen) atoms. The van der Waals surface area contributed by atoms with E-state index >= 15 is 0 Å². The Hall–Kier alpha value is -2.15. The minimum atomic E-state index is -1.75. The van der Waals surface area contributed by atoms with Crippen LogP contribution in [0, 0.1) is 30.6 Å². The van der Waals surface area contributed by atoms with Crippen LogP contribution in [0.15, 0.2) is 24.3 Å². The molecule has 14 nitrogen and oxygen atoms in total. The molecule has 2 aromatic rings. The van der Waals surface area contributed by atoms with Crippen molar-refractivity contribution < 1.29 is 37.5 Å². The van der Waals surface area contributed by atoms with Crippen LogP contribution in [0.2, 0.25) is 0 Å². The van der Waals surface area contributed by atoms with Crippen LogP contribution in [0.1, 0.15) is 18.7 Å². The molecule has 0 radical (unpaired) electrons. The van der Waals surface area contributed by atoms with Crippen molar-refractivity contribution in [2.45, 2.75) is 19.4 Å². The number of aromatic amines is 1. The van der Waals surface area contributed by atoms with E-state index in [1.54, 1.807) is 0 Å². The third-order valence-corrected chi connectivity index (χ3v) is 4.43. The molecule has 0 spiro atoms. The van der Waals surface area contributed by atoms with Crippen LogP contribution < -0.4 is 16.0 Å². The number of imidazole rings is 1. The summed E-state index contributed by atoms with van der Waals surface area (Å²) in [5.74, 6) is 1.06. The van der Waals surface area contributed by atoms with E-state index in [1.165, 1.54) is 12.8 Å². The molecule has 180 valence electrons. The summed E-state index contributed by atoms with van der Waals surface area (Å²) >= 11 is 0. The largest absolute Gasteiger partial charge is 2.00 e. The molecule has 3 rings (SSSR count). The second-order valence-electron chi connectivity index (χ2n) is 6.88. The molecule has 0 amide bonds. The maximum Gasteiger partial charge on any atom is 2.00 e. The summed E-state index contributed by atoms with van der Waals surface area (Å²) in [6.07, 6.45) is 2.35. The van der Waals surface area contributed by atoms with Gasteiger partial charge in [-0.3, -0.25) is 4.90 Å². The van der Waals surface area contributed by atoms with Crippen LogP contribution in [-0.4, -0.2) is 77.4 Å². The Bertz CT molecular complexity index is 729. The smallest absolute Gasteiger partial charge is 0.356 e. The van der Waals surface area contributed by atoms with Crippen LogP contribution >= 0.6 is 0 Å². The minimum absolute atomic E-state index is 0. The molecule has 1 aliphatic rings. The SMILES string of the molecule is O=[N+]([O-])[O-].O=[N+]([O-])[O-].[Cd+2].c1ccc2[nH]c(CN3CCCNCCNCCCNCC3)nc2c1. The summed E-state index contributed by atoms with van der Waals surface area (Å²) in [4.78, 5) is 27.2. The maximum absolute atomic E-state index is 8.25. The van der Waals surface area contributed by atoms with Crippen molar-refractivity contribution in [1.82, 2.24) is 30.8 Å². The number of aromatic nitrogens is 2. The van der Waals surface area contributed by atoms with Crippen molar-refractivity contribution in [1.29, 1.82) is 0 Å². The molecule has 1 aromatic carbocycles. The second-order valence-corrected chi connectivity index (χ2v) is 6.88. The zero-order valence-electron chi connectivity index (χ0n) is 18.5. The van der Waals surface area contributed by atoms with Gasteiger partial charge < -0.3 is 51.6 Å². The minimum Gasteiger partial charge on any atom is -0.356 e. The molecular weight excluding hydrogens is 537 g/mol. The quantitative estimate of drug-likeness (QED) is 0.223. The molecule has 1 aromatic heterocycles. The monoisotopic (exact) mass is 568 g/mol. The van der Waals surface area contributed by atoms with E-state index < -0.39 is 10.2 Å². The van der Waals surface area contributed by atoms with Gasteiger partial charge in [0.25, 0.3) is 0 Å². The predicted octanol–water partition coefficient (Wildman–Crippen LogP) is 0.447. The van der Waals surface area contributed by atoms with E-state index in [9.17, 15) is 0 Å². The molecule has 0 atom stereocenters. The van der Waals surface area contributed by atoms with Crippen molar-refractivity contribution >= 4 is 11.0 Å². The van der Waals surface area contributed by atoms with Gasteiger partial charge in [-0.05, 0) is 51.2 Å². The Kier molecular flexibility index (Phi) is 18.1. The molecule has 0 bridgehead atoms. The average Bonchev–Trinajstić information content (AvgIpc) is 3.12. The topological polar surface area (TPSA) is 200 Å². The summed E-state index contributed by atoms with van der Waals surface area (Å²) in [7, 11) is 0. The zero-order chi connectivity index (χ0) is 23.6. The van der Waals surface area contributed by atoms with E-state index in [4.69, 9.17) is 35.6 Å². The van der Waals surface area contributed by atoms with Gasteiger partial charge in [0.05, 0.1) is 27.8 Å². The number of hydrogen-bond acceptors (Lipinski definition) is 11. The Morgan fingerprint density at radius 3 is 1.97 bits per heavy atom. The molecule has 4 N–H and O–H groups in total. The normalized spacial score (nSPS) is 16.0. The molecule has 15 heteroatoms. The van der Waals surface area contributed by atoms with Crippen LogP contribution in [0.4, 0.5) is 0 Å². The van der Waals surface area contributed by atoms with Crippen LogP contribution in [0.25, 0.3) is 11.0 Å². The number of benzene rings is 1. The number of nitrogens with zero attached hydrogens (tertiary/aromatic N) is 4. The van der Waals surface area contributed by atoms with E-state index in [1.807, 2.05) is 6.07 Å². The number of fused-ring (bicyclic) bond motifs is 1. The third-order valence-electron chi connectivity index (χ3n) is 4.43. The van der Waals surface area contributed by atoms with Gasteiger partial charge in [0, 0.05) is 26.2 Å². The number of nitrogens with one attached hydrogen (secondary N) is 4. The summed E-state index contributed by atoms with van der Waals surface area (Å²) < 4.78 is 0. The van der Waals surface area contributed by atoms with Gasteiger partial charge in [-0.25, -0.2) is 4.98 Å². The summed E-state index contributed by atoms with van der Waals surface area (Å²) in [6, 6.07) is 8.25. The van der Waals surface area contributed by atoms with E-state index in [0.717, 1.165) is 75.8 Å². The Balaban J connectivity index is 0.000000991. The van der Waals surface area contributed by atoms with Gasteiger partial charge in [-0.1, -0.05) is 12.1 Å². The second kappa shape index (κ2) is 19.3. The van der Waals surface area contributed by atoms with Gasteiger partial charge in [0.2, 0.25) is 0 Å². The summed E-state index contributed by atoms with van der Waals surface area (Å²) in [5, 5.41) is 40.0. The fourth-order valence-electron chi connectivity index (χ4n) is 3.12. The molecule has 0 saturated carbocycles. The van der Waals surface area contributed by atoms with Gasteiger partial charge in [0.15, 0.2) is 0 Å². The fourth-order valence-corrected chi connectivity index (χ4v) is 3.12. The average molecular weight is 567 g/mol. The molecule has 0 unspecified atom stereocenters. The first-order valence-electron chi connectivity index (χ1n) is 10.3. The zero-order valence-corrected chi connectivity index (χ0v) is 22.6. The Morgan fingerprint density at radius 1 is 0.818 bits per heavy atom. The maximum atomic E-state index is 8.25. The Labute approximate surface area is 211 Å². The first-order chi connectivity index (χ1) is 15.4. The first kappa shape index (κ1) is 30.9. The summed E-state index contributed by atoms with van der Waals surface area (Å²) in [6.45, 7) is 9.44. The van der Waals surface area contributed by atoms with Crippen molar-refractivity contribution in [3.63, 3.8) is 0 Å². The van der Waals surface area contributed by atoms with Gasteiger partial charge in [-0.15, -0.1) is 0 Å². The molecule has 1 fully saturated rings. The third kappa shape index (κ3) is 17.1. The van der Waals surface area contributed by atoms with Crippen LogP contribution in [-0.2, 0) is 33.8 Å². The Morgan fingerprint density at radius 2 is 1.36 bits per heavy atom. The molecular formula is C18H30CdN8O6. The predicted molar refractivity (Wildman–Crippen MR) is 120 cm³/mol. The van der Waals surface area contributed by atoms with Crippen molar-refractivity contribution in [2.24, 2.45) is 0 Å². The molecule has 2 heterocycles. The number of para-hydroxylation sites is 2. The first-order valence-corrected chi connectivity index (χ1v) is 10.3. The summed E-state index contributed by atoms with van der Waals surface area (Å²) in [5.41, 5.74) is 2.18. The van der Waals surface area contributed by atoms with E-state index in [2.05, 4.69) is 44.0 Å². The standard InChI is InChI=1S/C18H30N6.Cd.2NO3/c1-2-6-17-16(5-1)22-18(23-17)15-24-13-4-9-20-11-10-19-7-3-8-21-12-14-24;;2*2-1(3)4/h1-2,5-6,19-21H,3-4,7-15H2,(H,22,23);;;/q;+2;2*-1. The van der Waals surface area contributed by atoms with Gasteiger partial charge in [0.1, 0.15) is 5.82 Å². The van der Waals surface area contributed by atoms with Gasteiger partial charge >= 0.3 is 27.3 Å². The van der Waals surface area contributed by atoms with Crippen LogP contribution in [0.5, 0.6) is 0 Å². The van der Waals surface area contributed by atoms with Crippen LogP contribution in [0.3, 0.4) is 0 Å². The number of rotatable bonds is 2.